The van der Waals surface area contributed by atoms with Crippen LogP contribution in [0, 0.1) is 5.92 Å². The van der Waals surface area contributed by atoms with Crippen LogP contribution in [0.15, 0.2) is 59.5 Å². The van der Waals surface area contributed by atoms with Crippen LogP contribution in [-0.4, -0.2) is 26.7 Å². The fourth-order valence-corrected chi connectivity index (χ4v) is 3.26. The van der Waals surface area contributed by atoms with Crippen molar-refractivity contribution in [3.63, 3.8) is 0 Å². The van der Waals surface area contributed by atoms with E-state index in [1.54, 1.807) is 30.3 Å². The fraction of sp³-hybridized carbons (Fsp3) is 0.222. The van der Waals surface area contributed by atoms with Gasteiger partial charge < -0.3 is 5.32 Å². The third-order valence-corrected chi connectivity index (χ3v) is 5.32. The van der Waals surface area contributed by atoms with Crippen molar-refractivity contribution in [2.45, 2.75) is 17.7 Å². The third-order valence-electron chi connectivity index (χ3n) is 3.90. The van der Waals surface area contributed by atoms with Crippen LogP contribution in [0.2, 0.25) is 0 Å². The summed E-state index contributed by atoms with van der Waals surface area (Å²) in [5.41, 5.74) is 1.000. The molecule has 0 atom stereocenters. The molecule has 25 heavy (non-hydrogen) atoms. The molecule has 0 bridgehead atoms. The topological polar surface area (TPSA) is 92.3 Å². The normalized spacial score (nSPS) is 14.1. The summed E-state index contributed by atoms with van der Waals surface area (Å²) in [4.78, 5) is 23.7. The molecular formula is C18H18N2O4S. The van der Waals surface area contributed by atoms with Crippen LogP contribution in [0.1, 0.15) is 23.2 Å². The fourth-order valence-electron chi connectivity index (χ4n) is 2.28. The summed E-state index contributed by atoms with van der Waals surface area (Å²) in [5, 5.41) is 2.75. The number of nitrogens with one attached hydrogen (secondary N) is 2. The van der Waals surface area contributed by atoms with E-state index in [9.17, 15) is 18.0 Å². The molecule has 1 amide bonds. The Morgan fingerprint density at radius 3 is 2.20 bits per heavy atom. The van der Waals surface area contributed by atoms with Gasteiger partial charge in [-0.1, -0.05) is 30.3 Å². The lowest BCUT2D eigenvalue weighted by atomic mass is 10.1. The van der Waals surface area contributed by atoms with Crippen LogP contribution in [0.5, 0.6) is 0 Å². The van der Waals surface area contributed by atoms with Gasteiger partial charge in [0.25, 0.3) is 0 Å². The van der Waals surface area contributed by atoms with Crippen molar-refractivity contribution in [1.29, 1.82) is 0 Å². The number of sulfonamides is 1. The van der Waals surface area contributed by atoms with Gasteiger partial charge in [-0.2, -0.15) is 0 Å². The predicted octanol–water partition coefficient (Wildman–Crippen LogP) is 2.20. The summed E-state index contributed by atoms with van der Waals surface area (Å²) in [5.74, 6) is -0.270. The van der Waals surface area contributed by atoms with E-state index in [0.717, 1.165) is 12.8 Å². The quantitative estimate of drug-likeness (QED) is 0.742. The standard InChI is InChI=1S/C18H18N2O4S/c21-17(13-4-2-1-3-5-13)12-19-25(23,24)16-10-8-15(9-11-16)20-18(22)14-6-7-14/h1-5,8-11,14,19H,6-7,12H2,(H,20,22). The maximum Gasteiger partial charge on any atom is 0.240 e. The number of rotatable bonds is 7. The zero-order valence-electron chi connectivity index (χ0n) is 13.4. The maximum absolute atomic E-state index is 12.3. The van der Waals surface area contributed by atoms with E-state index in [1.807, 2.05) is 0 Å². The Bertz CT molecular complexity index is 873. The molecular weight excluding hydrogens is 340 g/mol. The van der Waals surface area contributed by atoms with E-state index in [0.29, 0.717) is 11.3 Å². The minimum Gasteiger partial charge on any atom is -0.326 e. The summed E-state index contributed by atoms with van der Waals surface area (Å²) in [6.45, 7) is -0.313. The summed E-state index contributed by atoms with van der Waals surface area (Å²) < 4.78 is 26.8. The Hall–Kier alpha value is -2.51. The highest BCUT2D eigenvalue weighted by molar-refractivity contribution is 7.89. The van der Waals surface area contributed by atoms with Crippen LogP contribution in [0.4, 0.5) is 5.69 Å². The highest BCUT2D eigenvalue weighted by atomic mass is 32.2. The molecule has 0 aliphatic heterocycles. The van der Waals surface area contributed by atoms with Crippen LogP contribution in [0.3, 0.4) is 0 Å². The number of carbonyl (C=O) groups excluding carboxylic acids is 2. The predicted molar refractivity (Wildman–Crippen MR) is 93.8 cm³/mol. The van der Waals surface area contributed by atoms with Gasteiger partial charge in [-0.05, 0) is 37.1 Å². The minimum atomic E-state index is -3.80. The molecule has 130 valence electrons. The lowest BCUT2D eigenvalue weighted by Gasteiger charge is -2.08. The molecule has 0 spiro atoms. The average Bonchev–Trinajstić information content (AvgIpc) is 3.46. The molecule has 0 aromatic heterocycles. The molecule has 1 aliphatic rings. The monoisotopic (exact) mass is 358 g/mol. The van der Waals surface area contributed by atoms with Crippen molar-refractivity contribution in [2.24, 2.45) is 5.92 Å². The van der Waals surface area contributed by atoms with E-state index >= 15 is 0 Å². The Morgan fingerprint density at radius 2 is 1.60 bits per heavy atom. The minimum absolute atomic E-state index is 0.0396. The van der Waals surface area contributed by atoms with E-state index in [4.69, 9.17) is 0 Å². The molecule has 0 saturated heterocycles. The van der Waals surface area contributed by atoms with E-state index < -0.39 is 10.0 Å². The van der Waals surface area contributed by atoms with Gasteiger partial charge in [0.1, 0.15) is 0 Å². The molecule has 1 saturated carbocycles. The first-order chi connectivity index (χ1) is 12.0. The first-order valence-corrected chi connectivity index (χ1v) is 9.43. The van der Waals surface area contributed by atoms with Crippen molar-refractivity contribution < 1.29 is 18.0 Å². The number of hydrogen-bond donors (Lipinski definition) is 2. The lowest BCUT2D eigenvalue weighted by Crippen LogP contribution is -2.29. The first-order valence-electron chi connectivity index (χ1n) is 7.94. The van der Waals surface area contributed by atoms with Gasteiger partial charge in [-0.3, -0.25) is 9.59 Å². The summed E-state index contributed by atoms with van der Waals surface area (Å²) in [7, 11) is -3.80. The number of carbonyl (C=O) groups is 2. The number of benzene rings is 2. The molecule has 2 N–H and O–H groups in total. The number of anilines is 1. The summed E-state index contributed by atoms with van der Waals surface area (Å²) in [6, 6.07) is 14.4. The molecule has 2 aromatic carbocycles. The van der Waals surface area contributed by atoms with Gasteiger partial charge in [-0.25, -0.2) is 13.1 Å². The van der Waals surface area contributed by atoms with Gasteiger partial charge in [0.2, 0.25) is 15.9 Å². The molecule has 1 aliphatic carbocycles. The smallest absolute Gasteiger partial charge is 0.240 e. The van der Waals surface area contributed by atoms with E-state index in [-0.39, 0.29) is 29.0 Å². The van der Waals surface area contributed by atoms with Crippen molar-refractivity contribution in [1.82, 2.24) is 4.72 Å². The van der Waals surface area contributed by atoms with E-state index in [2.05, 4.69) is 10.0 Å². The molecule has 0 unspecified atom stereocenters. The molecule has 0 heterocycles. The number of hydrogen-bond acceptors (Lipinski definition) is 4. The zero-order chi connectivity index (χ0) is 17.9. The Kier molecular flexibility index (Phi) is 4.96. The van der Waals surface area contributed by atoms with Crippen molar-refractivity contribution in [3.8, 4) is 0 Å². The molecule has 2 aromatic rings. The average molecular weight is 358 g/mol. The maximum atomic E-state index is 12.3. The number of amides is 1. The van der Waals surface area contributed by atoms with Crippen LogP contribution in [-0.2, 0) is 14.8 Å². The number of Topliss-reactive ketones (excluding diaryl/α,β-unsaturated/α-hetero) is 1. The molecule has 6 nitrogen and oxygen atoms in total. The Morgan fingerprint density at radius 1 is 0.960 bits per heavy atom. The van der Waals surface area contributed by atoms with Gasteiger partial charge in [0.05, 0.1) is 11.4 Å². The molecule has 1 fully saturated rings. The second-order valence-electron chi connectivity index (χ2n) is 5.90. The first kappa shape index (κ1) is 17.3. The second kappa shape index (κ2) is 7.16. The highest BCUT2D eigenvalue weighted by Gasteiger charge is 2.29. The van der Waals surface area contributed by atoms with Crippen LogP contribution >= 0.6 is 0 Å². The molecule has 7 heteroatoms. The lowest BCUT2D eigenvalue weighted by molar-refractivity contribution is -0.117. The van der Waals surface area contributed by atoms with Gasteiger partial charge >= 0.3 is 0 Å². The van der Waals surface area contributed by atoms with Gasteiger partial charge in [-0.15, -0.1) is 0 Å². The van der Waals surface area contributed by atoms with Crippen molar-refractivity contribution >= 4 is 27.4 Å². The molecule has 3 rings (SSSR count). The van der Waals surface area contributed by atoms with Crippen molar-refractivity contribution in [3.05, 3.63) is 60.2 Å². The molecule has 0 radical (unpaired) electrons. The van der Waals surface area contributed by atoms with Crippen molar-refractivity contribution in [2.75, 3.05) is 11.9 Å². The number of ketones is 1. The largest absolute Gasteiger partial charge is 0.326 e. The highest BCUT2D eigenvalue weighted by Crippen LogP contribution is 2.30. The second-order valence-corrected chi connectivity index (χ2v) is 7.67. The summed E-state index contributed by atoms with van der Waals surface area (Å²) in [6.07, 6.45) is 1.80. The van der Waals surface area contributed by atoms with Gasteiger partial charge in [0.15, 0.2) is 5.78 Å². The Labute approximate surface area is 146 Å². The van der Waals surface area contributed by atoms with E-state index in [1.165, 1.54) is 24.3 Å². The van der Waals surface area contributed by atoms with Gasteiger partial charge in [0, 0.05) is 17.2 Å². The van der Waals surface area contributed by atoms with Crippen LogP contribution in [0.25, 0.3) is 0 Å². The zero-order valence-corrected chi connectivity index (χ0v) is 14.3. The summed E-state index contributed by atoms with van der Waals surface area (Å²) >= 11 is 0. The third kappa shape index (κ3) is 4.52. The SMILES string of the molecule is O=C(CNS(=O)(=O)c1ccc(NC(=O)C2CC2)cc1)c1ccccc1. The van der Waals surface area contributed by atoms with Crippen LogP contribution < -0.4 is 10.0 Å². The Balaban J connectivity index is 1.61.